The van der Waals surface area contributed by atoms with E-state index in [0.29, 0.717) is 11.1 Å². The number of rotatable bonds is 9. The number of hydrogen-bond donors (Lipinski definition) is 1. The van der Waals surface area contributed by atoms with E-state index in [9.17, 15) is 22.8 Å². The second-order valence-electron chi connectivity index (χ2n) is 10.6. The van der Waals surface area contributed by atoms with E-state index in [0.717, 1.165) is 10.5 Å². The number of nitrogens with one attached hydrogen (secondary N) is 1. The molecule has 0 radical (unpaired) electrons. The predicted molar refractivity (Wildman–Crippen MR) is 157 cm³/mol. The molecular formula is C31H29N5O7S. The summed E-state index contributed by atoms with van der Waals surface area (Å²) in [6.45, 7) is 1.37. The molecule has 226 valence electrons. The summed E-state index contributed by atoms with van der Waals surface area (Å²) in [6.07, 6.45) is -0.156. The first kappa shape index (κ1) is 29.1. The van der Waals surface area contributed by atoms with Crippen molar-refractivity contribution in [3.63, 3.8) is 0 Å². The van der Waals surface area contributed by atoms with Gasteiger partial charge in [-0.1, -0.05) is 96.2 Å². The van der Waals surface area contributed by atoms with Gasteiger partial charge in [-0.25, -0.2) is 22.7 Å². The summed E-state index contributed by atoms with van der Waals surface area (Å²) in [7, 11) is -3.92. The minimum atomic E-state index is -3.92. The standard InChI is InChI=1S/C31H29N5O7S/c1-20-26(30(38)43-27(22-13-7-3-8-14-22)23-15-9-4-10-16-23)36-28(37)24(29(36)44(20,40)41)17-35-18-25(33-34-35)32-31(39)42-19-21-11-5-2-6-12-21/h2-16,18,20,24,26-27,29H,17,19H2,1H3,(H,32,39)/t20-,24?,26-,29+/m1/s1. The van der Waals surface area contributed by atoms with E-state index < -0.39 is 56.5 Å². The van der Waals surface area contributed by atoms with Gasteiger partial charge in [0.05, 0.1) is 23.9 Å². The molecule has 12 nitrogen and oxygen atoms in total. The smallest absolute Gasteiger partial charge is 0.413 e. The zero-order valence-electron chi connectivity index (χ0n) is 23.6. The van der Waals surface area contributed by atoms with E-state index in [1.165, 1.54) is 17.8 Å². The van der Waals surface area contributed by atoms with Crippen molar-refractivity contribution in [3.05, 3.63) is 114 Å². The van der Waals surface area contributed by atoms with Crippen LogP contribution in [0.5, 0.6) is 0 Å². The van der Waals surface area contributed by atoms with E-state index in [1.54, 1.807) is 0 Å². The number of aromatic nitrogens is 3. The molecule has 3 aromatic carbocycles. The number of carbonyl (C=O) groups is 3. The summed E-state index contributed by atoms with van der Waals surface area (Å²) in [5, 5.41) is 7.87. The van der Waals surface area contributed by atoms with Gasteiger partial charge in [0.25, 0.3) is 0 Å². The highest BCUT2D eigenvalue weighted by Gasteiger charge is 2.67. The van der Waals surface area contributed by atoms with E-state index in [4.69, 9.17) is 9.47 Å². The number of anilines is 1. The van der Waals surface area contributed by atoms with Crippen LogP contribution in [0.25, 0.3) is 0 Å². The Morgan fingerprint density at radius 1 is 0.932 bits per heavy atom. The number of amides is 2. The summed E-state index contributed by atoms with van der Waals surface area (Å²) < 4.78 is 39.3. The Kier molecular flexibility index (Phi) is 7.87. The molecule has 2 aliphatic rings. The first-order valence-corrected chi connectivity index (χ1v) is 15.6. The fourth-order valence-electron chi connectivity index (χ4n) is 5.61. The average molecular weight is 616 g/mol. The number of benzene rings is 3. The van der Waals surface area contributed by atoms with Crippen LogP contribution in [0.1, 0.15) is 29.7 Å². The highest BCUT2D eigenvalue weighted by molar-refractivity contribution is 7.93. The van der Waals surface area contributed by atoms with Crippen LogP contribution in [0.4, 0.5) is 10.6 Å². The summed E-state index contributed by atoms with van der Waals surface area (Å²) in [6, 6.07) is 26.1. The van der Waals surface area contributed by atoms with Crippen molar-refractivity contribution in [2.24, 2.45) is 5.92 Å². The van der Waals surface area contributed by atoms with E-state index in [2.05, 4.69) is 15.6 Å². The molecule has 1 aromatic heterocycles. The van der Waals surface area contributed by atoms with Gasteiger partial charge < -0.3 is 14.4 Å². The molecule has 4 aromatic rings. The van der Waals surface area contributed by atoms with Gasteiger partial charge in [-0.2, -0.15) is 0 Å². The van der Waals surface area contributed by atoms with Crippen molar-refractivity contribution in [2.45, 2.75) is 42.8 Å². The van der Waals surface area contributed by atoms with Gasteiger partial charge >= 0.3 is 12.1 Å². The fourth-order valence-corrected chi connectivity index (χ4v) is 7.87. The van der Waals surface area contributed by atoms with Crippen molar-refractivity contribution in [1.29, 1.82) is 0 Å². The van der Waals surface area contributed by atoms with Crippen molar-refractivity contribution in [2.75, 3.05) is 5.32 Å². The first-order valence-electron chi connectivity index (χ1n) is 14.0. The molecule has 2 saturated heterocycles. The number of esters is 1. The molecule has 1 unspecified atom stereocenters. The van der Waals surface area contributed by atoms with Crippen molar-refractivity contribution < 1.29 is 32.3 Å². The van der Waals surface area contributed by atoms with Gasteiger partial charge in [-0.05, 0) is 23.6 Å². The minimum Gasteiger partial charge on any atom is -0.451 e. The molecule has 6 rings (SSSR count). The Balaban J connectivity index is 1.13. The van der Waals surface area contributed by atoms with E-state index in [1.807, 2.05) is 91.0 Å². The number of β-lactam (4-membered cyclic amide) rings is 1. The Labute approximate surface area is 253 Å². The lowest BCUT2D eigenvalue weighted by molar-refractivity contribution is -0.168. The highest BCUT2D eigenvalue weighted by atomic mass is 32.2. The number of fused-ring (bicyclic) bond motifs is 1. The van der Waals surface area contributed by atoms with Crippen LogP contribution < -0.4 is 5.32 Å². The molecular weight excluding hydrogens is 586 g/mol. The van der Waals surface area contributed by atoms with Gasteiger partial charge in [0, 0.05) is 0 Å². The summed E-state index contributed by atoms with van der Waals surface area (Å²) >= 11 is 0. The fraction of sp³-hybridized carbons (Fsp3) is 0.258. The SMILES string of the molecule is C[C@@H]1[C@H](C(=O)OC(c2ccccc2)c2ccccc2)N2C(=O)C(Cn3cc(NC(=O)OCc4ccccc4)nn3)[C@@H]2S1(=O)=O. The van der Waals surface area contributed by atoms with Gasteiger partial charge in [0.2, 0.25) is 5.91 Å². The summed E-state index contributed by atoms with van der Waals surface area (Å²) in [5.74, 6) is -2.22. The molecule has 0 bridgehead atoms. The van der Waals surface area contributed by atoms with Crippen LogP contribution in [-0.2, 0) is 42.1 Å². The normalized spacial score (nSPS) is 21.8. The van der Waals surface area contributed by atoms with Crippen molar-refractivity contribution in [3.8, 4) is 0 Å². The van der Waals surface area contributed by atoms with Gasteiger partial charge in [-0.3, -0.25) is 10.1 Å². The monoisotopic (exact) mass is 615 g/mol. The Hall–Kier alpha value is -5.04. The summed E-state index contributed by atoms with van der Waals surface area (Å²) in [5.41, 5.74) is 2.23. The number of carbonyl (C=O) groups excluding carboxylic acids is 3. The maximum atomic E-state index is 13.6. The number of nitrogens with zero attached hydrogens (tertiary/aromatic N) is 4. The quantitative estimate of drug-likeness (QED) is 0.221. The predicted octanol–water partition coefficient (Wildman–Crippen LogP) is 3.33. The van der Waals surface area contributed by atoms with E-state index in [-0.39, 0.29) is 19.0 Å². The topological polar surface area (TPSA) is 150 Å². The third-order valence-corrected chi connectivity index (χ3v) is 10.4. The molecule has 3 heterocycles. The molecule has 1 N–H and O–H groups in total. The molecule has 13 heteroatoms. The molecule has 0 saturated carbocycles. The maximum Gasteiger partial charge on any atom is 0.413 e. The molecule has 4 atom stereocenters. The van der Waals surface area contributed by atoms with Crippen LogP contribution in [0, 0.1) is 5.92 Å². The largest absolute Gasteiger partial charge is 0.451 e. The van der Waals surface area contributed by atoms with Gasteiger partial charge in [0.15, 0.2) is 21.8 Å². The zero-order chi connectivity index (χ0) is 30.8. The van der Waals surface area contributed by atoms with Crippen molar-refractivity contribution >= 4 is 33.6 Å². The number of ether oxygens (including phenoxy) is 2. The van der Waals surface area contributed by atoms with Crippen LogP contribution in [0.3, 0.4) is 0 Å². The second-order valence-corrected chi connectivity index (χ2v) is 13.0. The Morgan fingerprint density at radius 2 is 1.52 bits per heavy atom. The Bertz CT molecular complexity index is 1730. The molecule has 2 fully saturated rings. The lowest BCUT2D eigenvalue weighted by Gasteiger charge is -2.42. The van der Waals surface area contributed by atoms with Crippen LogP contribution >= 0.6 is 0 Å². The van der Waals surface area contributed by atoms with Gasteiger partial charge in [0.1, 0.15) is 18.0 Å². The van der Waals surface area contributed by atoms with Crippen LogP contribution in [0.15, 0.2) is 97.2 Å². The third-order valence-electron chi connectivity index (χ3n) is 7.83. The molecule has 44 heavy (non-hydrogen) atoms. The summed E-state index contributed by atoms with van der Waals surface area (Å²) in [4.78, 5) is 40.2. The molecule has 2 amide bonds. The molecule has 0 spiro atoms. The minimum absolute atomic E-state index is 0.0615. The number of hydrogen-bond acceptors (Lipinski definition) is 9. The Morgan fingerprint density at radius 3 is 2.14 bits per heavy atom. The van der Waals surface area contributed by atoms with Crippen LogP contribution in [0.2, 0.25) is 0 Å². The lowest BCUT2D eigenvalue weighted by Crippen LogP contribution is -2.64. The highest BCUT2D eigenvalue weighted by Crippen LogP contribution is 2.44. The third kappa shape index (κ3) is 5.53. The van der Waals surface area contributed by atoms with Gasteiger partial charge in [-0.15, -0.1) is 5.10 Å². The maximum absolute atomic E-state index is 13.6. The van der Waals surface area contributed by atoms with Crippen LogP contribution in [-0.4, -0.2) is 62.9 Å². The molecule has 2 aliphatic heterocycles. The lowest BCUT2D eigenvalue weighted by atomic mass is 9.95. The average Bonchev–Trinajstić information content (AvgIpc) is 3.56. The number of sulfone groups is 1. The second kappa shape index (κ2) is 11.9. The zero-order valence-corrected chi connectivity index (χ0v) is 24.4. The van der Waals surface area contributed by atoms with E-state index >= 15 is 0 Å². The first-order chi connectivity index (χ1) is 21.2. The van der Waals surface area contributed by atoms with Crippen molar-refractivity contribution in [1.82, 2.24) is 19.9 Å². The molecule has 0 aliphatic carbocycles.